The van der Waals surface area contributed by atoms with Gasteiger partial charge in [-0.05, 0) is 68.7 Å². The quantitative estimate of drug-likeness (QED) is 0.391. The number of hydrogen-bond acceptors (Lipinski definition) is 7. The number of aryl methyl sites for hydroxylation is 1. The molecule has 1 fully saturated rings. The van der Waals surface area contributed by atoms with Gasteiger partial charge in [-0.1, -0.05) is 13.0 Å². The fraction of sp³-hybridized carbons (Fsp3) is 0.296. The van der Waals surface area contributed by atoms with E-state index < -0.39 is 15.7 Å². The van der Waals surface area contributed by atoms with Crippen molar-refractivity contribution < 1.29 is 13.2 Å². The number of pyridine rings is 2. The van der Waals surface area contributed by atoms with Crippen LogP contribution in [-0.4, -0.2) is 40.9 Å². The lowest BCUT2D eigenvalue weighted by atomic mass is 9.97. The number of sulfone groups is 1. The van der Waals surface area contributed by atoms with Crippen LogP contribution in [0.25, 0.3) is 10.9 Å². The number of hydrogen-bond donors (Lipinski definition) is 2. The van der Waals surface area contributed by atoms with Crippen LogP contribution in [0.2, 0.25) is 0 Å². The molecule has 37 heavy (non-hydrogen) atoms. The van der Waals surface area contributed by atoms with E-state index in [1.54, 1.807) is 12.1 Å². The molecule has 0 saturated carbocycles. The minimum atomic E-state index is -4.19. The van der Waals surface area contributed by atoms with Crippen LogP contribution in [0.3, 0.4) is 0 Å². The number of rotatable bonds is 6. The lowest BCUT2D eigenvalue weighted by molar-refractivity contribution is 0.0997. The number of primary amides is 1. The summed E-state index contributed by atoms with van der Waals surface area (Å²) in [5, 5.41) is 4.04. The molecule has 9 nitrogen and oxygen atoms in total. The molecule has 1 unspecified atom stereocenters. The molecule has 0 radical (unpaired) electrons. The molecule has 10 heteroatoms. The highest BCUT2D eigenvalue weighted by atomic mass is 32.2. The van der Waals surface area contributed by atoms with Gasteiger partial charge in [0.25, 0.3) is 5.91 Å². The van der Waals surface area contributed by atoms with E-state index in [-0.39, 0.29) is 26.8 Å². The zero-order chi connectivity index (χ0) is 26.5. The van der Waals surface area contributed by atoms with E-state index in [4.69, 9.17) is 5.73 Å². The van der Waals surface area contributed by atoms with Crippen LogP contribution in [0.1, 0.15) is 37.6 Å². The standard InChI is InChI=1S/C27H30N6O3S/c1-17-15-27(2,3)33(16-17)26-24(25(28)34)21(10-12-29-26)37(35,36)23-7-5-6-22(31-23)30-19-8-9-20-18(14-19)11-13-32(20)4/h5-14,17H,15-16H2,1-4H3,(H2,28,34)(H,30,31). The van der Waals surface area contributed by atoms with Gasteiger partial charge in [0, 0.05) is 48.1 Å². The summed E-state index contributed by atoms with van der Waals surface area (Å²) in [6, 6.07) is 13.9. The maximum Gasteiger partial charge on any atom is 0.253 e. The number of carbonyl (C=O) groups excluding carboxylic acids is 1. The van der Waals surface area contributed by atoms with Gasteiger partial charge in [0.15, 0.2) is 5.03 Å². The van der Waals surface area contributed by atoms with Gasteiger partial charge in [-0.25, -0.2) is 18.4 Å². The number of nitrogens with two attached hydrogens (primary N) is 1. The van der Waals surface area contributed by atoms with Crippen molar-refractivity contribution in [2.45, 2.75) is 42.7 Å². The molecule has 1 aromatic carbocycles. The lowest BCUT2D eigenvalue weighted by Crippen LogP contribution is -2.40. The fourth-order valence-corrected chi connectivity index (χ4v) is 6.71. The Labute approximate surface area is 216 Å². The van der Waals surface area contributed by atoms with Gasteiger partial charge < -0.3 is 20.5 Å². The van der Waals surface area contributed by atoms with Gasteiger partial charge >= 0.3 is 0 Å². The van der Waals surface area contributed by atoms with E-state index in [9.17, 15) is 13.2 Å². The molecule has 3 aromatic heterocycles. The molecular formula is C27H30N6O3S. The van der Waals surface area contributed by atoms with Gasteiger partial charge in [-0.3, -0.25) is 4.79 Å². The average molecular weight is 519 g/mol. The van der Waals surface area contributed by atoms with Gasteiger partial charge in [0.1, 0.15) is 17.2 Å². The Balaban J connectivity index is 1.54. The topological polar surface area (TPSA) is 123 Å². The van der Waals surface area contributed by atoms with E-state index in [1.165, 1.54) is 18.3 Å². The highest BCUT2D eigenvalue weighted by Gasteiger charge is 2.40. The Bertz CT molecular complexity index is 1630. The number of amides is 1. The van der Waals surface area contributed by atoms with Crippen molar-refractivity contribution in [1.82, 2.24) is 14.5 Å². The number of benzene rings is 1. The summed E-state index contributed by atoms with van der Waals surface area (Å²) < 4.78 is 29.6. The number of nitrogens with zero attached hydrogens (tertiary/aromatic N) is 4. The SMILES string of the molecule is CC1CN(c2nccc(S(=O)(=O)c3cccc(Nc4ccc5c(ccn5C)c4)n3)c2C(N)=O)C(C)(C)C1. The first kappa shape index (κ1) is 24.8. The summed E-state index contributed by atoms with van der Waals surface area (Å²) in [7, 11) is -2.21. The summed E-state index contributed by atoms with van der Waals surface area (Å²) in [5.41, 5.74) is 7.19. The molecule has 192 valence electrons. The summed E-state index contributed by atoms with van der Waals surface area (Å²) in [6.07, 6.45) is 4.27. The Morgan fingerprint density at radius 3 is 2.65 bits per heavy atom. The maximum absolute atomic E-state index is 13.8. The Morgan fingerprint density at radius 2 is 1.95 bits per heavy atom. The van der Waals surface area contributed by atoms with E-state index in [1.807, 2.05) is 60.8 Å². The van der Waals surface area contributed by atoms with Crippen molar-refractivity contribution in [2.75, 3.05) is 16.8 Å². The highest BCUT2D eigenvalue weighted by Crippen LogP contribution is 2.39. The van der Waals surface area contributed by atoms with Crippen LogP contribution in [0.15, 0.2) is 70.8 Å². The van der Waals surface area contributed by atoms with Crippen LogP contribution >= 0.6 is 0 Å². The number of fused-ring (bicyclic) bond motifs is 1. The third-order valence-corrected chi connectivity index (χ3v) is 8.61. The molecule has 1 aliphatic rings. The first-order valence-electron chi connectivity index (χ1n) is 12.1. The third kappa shape index (κ3) is 4.42. The van der Waals surface area contributed by atoms with Gasteiger partial charge in [0.2, 0.25) is 9.84 Å². The molecule has 1 amide bonds. The van der Waals surface area contributed by atoms with Crippen LogP contribution in [0.5, 0.6) is 0 Å². The largest absolute Gasteiger partial charge is 0.365 e. The van der Waals surface area contributed by atoms with Crippen molar-refractivity contribution >= 4 is 44.0 Å². The summed E-state index contributed by atoms with van der Waals surface area (Å²) in [4.78, 5) is 23.2. The summed E-state index contributed by atoms with van der Waals surface area (Å²) in [5.74, 6) is 0.161. The molecule has 0 bridgehead atoms. The molecule has 3 N–H and O–H groups in total. The summed E-state index contributed by atoms with van der Waals surface area (Å²) in [6.45, 7) is 6.86. The van der Waals surface area contributed by atoms with E-state index in [2.05, 4.69) is 22.2 Å². The Kier molecular flexibility index (Phi) is 5.94. The van der Waals surface area contributed by atoms with Gasteiger partial charge in [-0.15, -0.1) is 0 Å². The van der Waals surface area contributed by atoms with Gasteiger partial charge in [-0.2, -0.15) is 0 Å². The van der Waals surface area contributed by atoms with Crippen molar-refractivity contribution in [2.24, 2.45) is 18.7 Å². The molecule has 1 atom stereocenters. The van der Waals surface area contributed by atoms with Crippen LogP contribution in [0.4, 0.5) is 17.3 Å². The van der Waals surface area contributed by atoms with Crippen molar-refractivity contribution in [1.29, 1.82) is 0 Å². The predicted octanol–water partition coefficient (Wildman–Crippen LogP) is 4.27. The molecule has 1 aliphatic heterocycles. The zero-order valence-electron chi connectivity index (χ0n) is 21.3. The first-order valence-corrected chi connectivity index (χ1v) is 13.6. The average Bonchev–Trinajstić information content (AvgIpc) is 3.35. The molecule has 4 aromatic rings. The molecule has 4 heterocycles. The van der Waals surface area contributed by atoms with Crippen molar-refractivity contribution in [3.8, 4) is 0 Å². The third-order valence-electron chi connectivity index (χ3n) is 6.91. The van der Waals surface area contributed by atoms with Crippen LogP contribution in [-0.2, 0) is 16.9 Å². The molecule has 1 saturated heterocycles. The second-order valence-electron chi connectivity index (χ2n) is 10.3. The van der Waals surface area contributed by atoms with Crippen molar-refractivity contribution in [3.05, 3.63) is 66.5 Å². The van der Waals surface area contributed by atoms with E-state index in [0.29, 0.717) is 18.3 Å². The molecule has 0 aliphatic carbocycles. The smallest absolute Gasteiger partial charge is 0.253 e. The second kappa shape index (κ2) is 8.88. The molecule has 5 rings (SSSR count). The van der Waals surface area contributed by atoms with E-state index in [0.717, 1.165) is 23.0 Å². The molecular weight excluding hydrogens is 488 g/mol. The van der Waals surface area contributed by atoms with E-state index >= 15 is 0 Å². The van der Waals surface area contributed by atoms with Crippen LogP contribution in [0, 0.1) is 5.92 Å². The lowest BCUT2D eigenvalue weighted by Gasteiger charge is -2.33. The van der Waals surface area contributed by atoms with Crippen LogP contribution < -0.4 is 16.0 Å². The predicted molar refractivity (Wildman–Crippen MR) is 144 cm³/mol. The normalized spacial score (nSPS) is 17.3. The Hall–Kier alpha value is -3.92. The fourth-order valence-electron chi connectivity index (χ4n) is 5.31. The van der Waals surface area contributed by atoms with Crippen molar-refractivity contribution in [3.63, 3.8) is 0 Å². The minimum absolute atomic E-state index is 0.112. The minimum Gasteiger partial charge on any atom is -0.365 e. The number of anilines is 3. The maximum atomic E-state index is 13.8. The zero-order valence-corrected chi connectivity index (χ0v) is 22.1. The number of nitrogens with one attached hydrogen (secondary N) is 1. The van der Waals surface area contributed by atoms with Gasteiger partial charge in [0.05, 0.1) is 4.90 Å². The molecule has 0 spiro atoms. The monoisotopic (exact) mass is 518 g/mol. The second-order valence-corrected chi connectivity index (χ2v) is 12.2. The number of aromatic nitrogens is 3. The first-order chi connectivity index (χ1) is 17.5. The highest BCUT2D eigenvalue weighted by molar-refractivity contribution is 7.91. The number of carbonyl (C=O) groups is 1. The Morgan fingerprint density at radius 1 is 1.16 bits per heavy atom. The summed E-state index contributed by atoms with van der Waals surface area (Å²) >= 11 is 0.